The Kier molecular flexibility index (Phi) is 7.35. The molecule has 0 aliphatic heterocycles. The van der Waals surface area contributed by atoms with E-state index >= 15 is 0 Å². The van der Waals surface area contributed by atoms with Crippen molar-refractivity contribution in [3.63, 3.8) is 0 Å². The summed E-state index contributed by atoms with van der Waals surface area (Å²) in [5, 5.41) is 12.2. The Morgan fingerprint density at radius 1 is 1.21 bits per heavy atom. The molecule has 0 saturated carbocycles. The zero-order valence-corrected chi connectivity index (χ0v) is 19.8. The van der Waals surface area contributed by atoms with Gasteiger partial charge in [-0.15, -0.1) is 10.2 Å². The SMILES string of the molecule is CCC(CC)c1nnc(NC(=O)c2cc(S(=O)(=O)NC(C)(C)C)ccc2Br)s1. The smallest absolute Gasteiger partial charge is 0.258 e. The molecule has 0 fully saturated rings. The number of carbonyl (C=O) groups excluding carboxylic acids is 1. The number of aromatic nitrogens is 2. The summed E-state index contributed by atoms with van der Waals surface area (Å²) < 4.78 is 28.2. The normalized spacial score (nSPS) is 12.4. The molecule has 0 unspecified atom stereocenters. The molecule has 0 radical (unpaired) electrons. The molecule has 154 valence electrons. The Labute approximate surface area is 178 Å². The van der Waals surface area contributed by atoms with Crippen molar-refractivity contribution in [1.82, 2.24) is 14.9 Å². The van der Waals surface area contributed by atoms with Gasteiger partial charge in [0, 0.05) is 15.9 Å². The molecule has 0 atom stereocenters. The molecule has 0 saturated heterocycles. The summed E-state index contributed by atoms with van der Waals surface area (Å²) in [4.78, 5) is 12.7. The van der Waals surface area contributed by atoms with E-state index in [1.54, 1.807) is 26.8 Å². The van der Waals surface area contributed by atoms with Crippen LogP contribution in [0.15, 0.2) is 27.6 Å². The molecule has 7 nitrogen and oxygen atoms in total. The van der Waals surface area contributed by atoms with Gasteiger partial charge in [-0.05, 0) is 67.7 Å². The highest BCUT2D eigenvalue weighted by Gasteiger charge is 2.24. The third-order valence-corrected chi connectivity index (χ3v) is 7.38. The molecule has 1 aromatic heterocycles. The van der Waals surface area contributed by atoms with Gasteiger partial charge in [0.2, 0.25) is 15.2 Å². The lowest BCUT2D eigenvalue weighted by atomic mass is 10.1. The fraction of sp³-hybridized carbons (Fsp3) is 0.500. The second-order valence-corrected chi connectivity index (χ2v) is 11.0. The number of sulfonamides is 1. The van der Waals surface area contributed by atoms with Gasteiger partial charge in [-0.2, -0.15) is 0 Å². The van der Waals surface area contributed by atoms with Gasteiger partial charge >= 0.3 is 0 Å². The molecule has 0 aliphatic rings. The highest BCUT2D eigenvalue weighted by molar-refractivity contribution is 9.10. The van der Waals surface area contributed by atoms with E-state index in [0.717, 1.165) is 17.8 Å². The molecule has 2 rings (SSSR count). The van der Waals surface area contributed by atoms with Crippen molar-refractivity contribution >= 4 is 48.3 Å². The summed E-state index contributed by atoms with van der Waals surface area (Å²) in [6, 6.07) is 4.34. The van der Waals surface area contributed by atoms with Crippen LogP contribution in [0.1, 0.15) is 68.7 Å². The van der Waals surface area contributed by atoms with Gasteiger partial charge in [0.1, 0.15) is 5.01 Å². The number of nitrogens with one attached hydrogen (secondary N) is 2. The van der Waals surface area contributed by atoms with Crippen LogP contribution in [-0.2, 0) is 10.0 Å². The fourth-order valence-electron chi connectivity index (χ4n) is 2.56. The van der Waals surface area contributed by atoms with Crippen molar-refractivity contribution in [2.45, 2.75) is 63.8 Å². The van der Waals surface area contributed by atoms with Gasteiger partial charge in [-0.3, -0.25) is 10.1 Å². The predicted molar refractivity (Wildman–Crippen MR) is 115 cm³/mol. The van der Waals surface area contributed by atoms with Gasteiger partial charge in [0.05, 0.1) is 10.5 Å². The lowest BCUT2D eigenvalue weighted by Gasteiger charge is -2.20. The minimum atomic E-state index is -3.75. The average molecular weight is 489 g/mol. The molecule has 10 heteroatoms. The van der Waals surface area contributed by atoms with Crippen molar-refractivity contribution < 1.29 is 13.2 Å². The maximum absolute atomic E-state index is 12.7. The molecular weight excluding hydrogens is 464 g/mol. The summed E-state index contributed by atoms with van der Waals surface area (Å²) in [5.41, 5.74) is -0.428. The minimum absolute atomic E-state index is 0.0192. The molecule has 0 spiro atoms. The van der Waals surface area contributed by atoms with E-state index in [1.807, 2.05) is 0 Å². The predicted octanol–water partition coefficient (Wildman–Crippen LogP) is 4.53. The van der Waals surface area contributed by atoms with Crippen LogP contribution in [0.4, 0.5) is 5.13 Å². The summed E-state index contributed by atoms with van der Waals surface area (Å²) in [6.07, 6.45) is 1.90. The first-order chi connectivity index (χ1) is 13.0. The van der Waals surface area contributed by atoms with Gasteiger partial charge in [0.25, 0.3) is 5.91 Å². The Hall–Kier alpha value is -1.36. The lowest BCUT2D eigenvalue weighted by Crippen LogP contribution is -2.40. The first-order valence-electron chi connectivity index (χ1n) is 8.95. The standard InChI is InChI=1S/C18H25BrN4O3S2/c1-6-11(7-2)16-21-22-17(27-16)20-15(24)13-10-12(8-9-14(13)19)28(25,26)23-18(3,4)5/h8-11,23H,6-7H2,1-5H3,(H,20,22,24). The van der Waals surface area contributed by atoms with Crippen LogP contribution in [0.3, 0.4) is 0 Å². The Morgan fingerprint density at radius 3 is 2.43 bits per heavy atom. The zero-order chi connectivity index (χ0) is 21.1. The van der Waals surface area contributed by atoms with E-state index in [1.165, 1.54) is 23.5 Å². The number of benzene rings is 1. The summed E-state index contributed by atoms with van der Waals surface area (Å²) in [7, 11) is -3.75. The third kappa shape index (κ3) is 5.82. The first kappa shape index (κ1) is 22.9. The molecule has 2 N–H and O–H groups in total. The number of amides is 1. The summed E-state index contributed by atoms with van der Waals surface area (Å²) in [6.45, 7) is 9.43. The average Bonchev–Trinajstić information content (AvgIpc) is 3.02. The molecule has 1 heterocycles. The van der Waals surface area contributed by atoms with Crippen molar-refractivity contribution in [3.8, 4) is 0 Å². The molecule has 28 heavy (non-hydrogen) atoms. The number of rotatable bonds is 7. The molecule has 2 aromatic rings. The van der Waals surface area contributed by atoms with Crippen molar-refractivity contribution in [3.05, 3.63) is 33.2 Å². The number of carbonyl (C=O) groups is 1. The molecule has 0 bridgehead atoms. The van der Waals surface area contributed by atoms with E-state index in [-0.39, 0.29) is 10.5 Å². The Bertz CT molecular complexity index is 948. The van der Waals surface area contributed by atoms with E-state index < -0.39 is 21.5 Å². The topological polar surface area (TPSA) is 101 Å². The van der Waals surface area contributed by atoms with E-state index in [2.05, 4.69) is 50.0 Å². The van der Waals surface area contributed by atoms with Crippen molar-refractivity contribution in [2.24, 2.45) is 0 Å². The van der Waals surface area contributed by atoms with Crippen molar-refractivity contribution in [1.29, 1.82) is 0 Å². The second-order valence-electron chi connectivity index (χ2n) is 7.41. The Balaban J connectivity index is 2.27. The molecular formula is C18H25BrN4O3S2. The fourth-order valence-corrected chi connectivity index (χ4v) is 5.44. The number of hydrogen-bond donors (Lipinski definition) is 2. The van der Waals surface area contributed by atoms with Crippen LogP contribution in [0, 0.1) is 0 Å². The zero-order valence-electron chi connectivity index (χ0n) is 16.5. The molecule has 1 aromatic carbocycles. The minimum Gasteiger partial charge on any atom is -0.296 e. The number of halogens is 1. The van der Waals surface area contributed by atoms with Crippen LogP contribution in [0.5, 0.6) is 0 Å². The van der Waals surface area contributed by atoms with Gasteiger partial charge < -0.3 is 0 Å². The van der Waals surface area contributed by atoms with Crippen LogP contribution >= 0.6 is 27.3 Å². The maximum atomic E-state index is 12.7. The maximum Gasteiger partial charge on any atom is 0.258 e. The Morgan fingerprint density at radius 2 is 1.86 bits per heavy atom. The van der Waals surface area contributed by atoms with Gasteiger partial charge in [0.15, 0.2) is 0 Å². The van der Waals surface area contributed by atoms with Gasteiger partial charge in [-0.25, -0.2) is 13.1 Å². The van der Waals surface area contributed by atoms with Crippen LogP contribution in [0.25, 0.3) is 0 Å². The van der Waals surface area contributed by atoms with E-state index in [0.29, 0.717) is 15.5 Å². The third-order valence-electron chi connectivity index (χ3n) is 3.93. The number of hydrogen-bond acceptors (Lipinski definition) is 6. The summed E-state index contributed by atoms with van der Waals surface area (Å²) in [5.74, 6) is -0.140. The number of nitrogens with zero attached hydrogens (tertiary/aromatic N) is 2. The number of anilines is 1. The van der Waals surface area contributed by atoms with Crippen LogP contribution < -0.4 is 10.0 Å². The van der Waals surface area contributed by atoms with Crippen LogP contribution in [0.2, 0.25) is 0 Å². The second kappa shape index (κ2) is 8.98. The summed E-state index contributed by atoms with van der Waals surface area (Å²) >= 11 is 4.65. The quantitative estimate of drug-likeness (QED) is 0.595. The largest absolute Gasteiger partial charge is 0.296 e. The highest BCUT2D eigenvalue weighted by atomic mass is 79.9. The van der Waals surface area contributed by atoms with Crippen LogP contribution in [-0.4, -0.2) is 30.1 Å². The molecule has 1 amide bonds. The van der Waals surface area contributed by atoms with E-state index in [9.17, 15) is 13.2 Å². The van der Waals surface area contributed by atoms with Crippen molar-refractivity contribution in [2.75, 3.05) is 5.32 Å². The lowest BCUT2D eigenvalue weighted by molar-refractivity contribution is 0.102. The monoisotopic (exact) mass is 488 g/mol. The van der Waals surface area contributed by atoms with E-state index in [4.69, 9.17) is 0 Å². The highest BCUT2D eigenvalue weighted by Crippen LogP contribution is 2.29. The first-order valence-corrected chi connectivity index (χ1v) is 12.0. The van der Waals surface area contributed by atoms with Gasteiger partial charge in [-0.1, -0.05) is 25.2 Å². The molecule has 0 aliphatic carbocycles.